The van der Waals surface area contributed by atoms with Crippen LogP contribution in [-0.4, -0.2) is 19.1 Å². The second kappa shape index (κ2) is 5.05. The van der Waals surface area contributed by atoms with Gasteiger partial charge in [0, 0.05) is 15.2 Å². The quantitative estimate of drug-likeness (QED) is 0.781. The molecule has 0 aromatic heterocycles. The molecule has 16 heavy (non-hydrogen) atoms. The molecular weight excluding hydrogens is 310 g/mol. The fraction of sp³-hybridized carbons (Fsp3) is 0.222. The van der Waals surface area contributed by atoms with Crippen LogP contribution in [0.3, 0.4) is 0 Å². The van der Waals surface area contributed by atoms with Crippen LogP contribution < -0.4 is 4.90 Å². The highest BCUT2D eigenvalue weighted by Crippen LogP contribution is 2.27. The number of benzene rings is 1. The van der Waals surface area contributed by atoms with Crippen molar-refractivity contribution in [3.63, 3.8) is 0 Å². The summed E-state index contributed by atoms with van der Waals surface area (Å²) in [5.41, 5.74) is 0.0340. The van der Waals surface area contributed by atoms with Crippen LogP contribution in [0.5, 0.6) is 0 Å². The lowest BCUT2D eigenvalue weighted by Crippen LogP contribution is -2.33. The standard InChI is InChI=1S/C9H5BrClF3NO/c10-6-1-7(11)3-8(2-6)15(5-16)4-9(12,13)14/h1-3H,4H2. The van der Waals surface area contributed by atoms with Crippen molar-refractivity contribution in [3.05, 3.63) is 27.7 Å². The third-order valence-electron chi connectivity index (χ3n) is 1.61. The van der Waals surface area contributed by atoms with Gasteiger partial charge in [0.15, 0.2) is 0 Å². The number of rotatable bonds is 3. The van der Waals surface area contributed by atoms with Crippen molar-refractivity contribution >= 4 is 39.6 Å². The Balaban J connectivity index is 2.99. The van der Waals surface area contributed by atoms with Crippen LogP contribution in [0.25, 0.3) is 0 Å². The van der Waals surface area contributed by atoms with E-state index in [1.807, 2.05) is 0 Å². The van der Waals surface area contributed by atoms with Crippen molar-refractivity contribution in [1.29, 1.82) is 0 Å². The molecule has 1 aromatic carbocycles. The summed E-state index contributed by atoms with van der Waals surface area (Å²) >= 11 is 8.72. The Kier molecular flexibility index (Phi) is 4.21. The molecule has 0 N–H and O–H groups in total. The van der Waals surface area contributed by atoms with Crippen LogP contribution in [0.2, 0.25) is 5.02 Å². The summed E-state index contributed by atoms with van der Waals surface area (Å²) in [4.78, 5) is 10.9. The van der Waals surface area contributed by atoms with Gasteiger partial charge in [-0.15, -0.1) is 0 Å². The summed E-state index contributed by atoms with van der Waals surface area (Å²) in [6, 6.07) is 4.10. The Morgan fingerprint density at radius 1 is 1.38 bits per heavy atom. The van der Waals surface area contributed by atoms with Gasteiger partial charge in [-0.2, -0.15) is 13.2 Å². The third kappa shape index (κ3) is 4.02. The van der Waals surface area contributed by atoms with E-state index >= 15 is 0 Å². The first kappa shape index (κ1) is 13.3. The van der Waals surface area contributed by atoms with Crippen LogP contribution in [0, 0.1) is 0 Å². The van der Waals surface area contributed by atoms with Gasteiger partial charge in [0.2, 0.25) is 0 Å². The highest BCUT2D eigenvalue weighted by atomic mass is 79.9. The van der Waals surface area contributed by atoms with E-state index < -0.39 is 12.7 Å². The molecule has 0 fully saturated rings. The maximum absolute atomic E-state index is 12.1. The lowest BCUT2D eigenvalue weighted by Gasteiger charge is -2.18. The number of halogens is 5. The second-order valence-corrected chi connectivity index (χ2v) is 4.27. The molecule has 0 aliphatic rings. The van der Waals surface area contributed by atoms with Gasteiger partial charge in [-0.05, 0) is 18.2 Å². The summed E-state index contributed by atoms with van der Waals surface area (Å²) in [6.45, 7) is -1.40. The number of hydrogen-bond donors (Lipinski definition) is 0. The number of amides is 1. The van der Waals surface area contributed by atoms with Gasteiger partial charge in [-0.1, -0.05) is 27.5 Å². The zero-order valence-electron chi connectivity index (χ0n) is 7.68. The van der Waals surface area contributed by atoms with Crippen LogP contribution in [0.4, 0.5) is 18.9 Å². The Morgan fingerprint density at radius 3 is 2.44 bits per heavy atom. The van der Waals surface area contributed by atoms with E-state index in [9.17, 15) is 18.0 Å². The maximum Gasteiger partial charge on any atom is 0.406 e. The summed E-state index contributed by atoms with van der Waals surface area (Å²) < 4.78 is 36.8. The maximum atomic E-state index is 12.1. The molecular formula is C9H5BrClF3NO. The first-order chi connectivity index (χ1) is 7.31. The van der Waals surface area contributed by atoms with E-state index in [4.69, 9.17) is 11.6 Å². The highest BCUT2D eigenvalue weighted by molar-refractivity contribution is 9.10. The van der Waals surface area contributed by atoms with Gasteiger partial charge in [-0.25, -0.2) is 0 Å². The molecule has 0 saturated heterocycles. The predicted octanol–water partition coefficient (Wildman–Crippen LogP) is 3.54. The monoisotopic (exact) mass is 314 g/mol. The zero-order chi connectivity index (χ0) is 12.3. The van der Waals surface area contributed by atoms with Crippen molar-refractivity contribution in [2.24, 2.45) is 0 Å². The smallest absolute Gasteiger partial charge is 0.295 e. The van der Waals surface area contributed by atoms with Crippen molar-refractivity contribution in [3.8, 4) is 0 Å². The summed E-state index contributed by atoms with van der Waals surface area (Å²) in [5, 5.41) is 0.229. The summed E-state index contributed by atoms with van der Waals surface area (Å²) in [6.07, 6.45) is -3.27. The van der Waals surface area contributed by atoms with Gasteiger partial charge < -0.3 is 0 Å². The Morgan fingerprint density at radius 2 is 2.00 bits per heavy atom. The summed E-state index contributed by atoms with van der Waals surface area (Å²) in [7, 11) is 0. The van der Waals surface area contributed by atoms with E-state index in [0.29, 0.717) is 9.37 Å². The molecule has 0 bridgehead atoms. The molecule has 1 aromatic rings. The highest BCUT2D eigenvalue weighted by Gasteiger charge is 2.31. The molecule has 0 saturated carbocycles. The molecule has 1 rings (SSSR count). The van der Waals surface area contributed by atoms with E-state index in [1.165, 1.54) is 24.6 Å². The van der Waals surface area contributed by atoms with E-state index in [0.717, 1.165) is 0 Å². The molecule has 0 aliphatic carbocycles. The topological polar surface area (TPSA) is 20.3 Å². The van der Waals surface area contributed by atoms with Gasteiger partial charge in [0.25, 0.3) is 0 Å². The number of carbonyl (C=O) groups excluding carboxylic acids is 1. The molecule has 2 nitrogen and oxygen atoms in total. The molecule has 0 aliphatic heterocycles. The van der Waals surface area contributed by atoms with Crippen molar-refractivity contribution in [2.75, 3.05) is 11.4 Å². The fourth-order valence-electron chi connectivity index (χ4n) is 1.05. The lowest BCUT2D eigenvalue weighted by molar-refractivity contribution is -0.118. The van der Waals surface area contributed by atoms with Crippen molar-refractivity contribution in [1.82, 2.24) is 0 Å². The average Bonchev–Trinajstić information content (AvgIpc) is 2.11. The minimum absolute atomic E-state index is 0.0340. The number of alkyl halides is 3. The first-order valence-electron chi connectivity index (χ1n) is 4.00. The Labute approximate surface area is 103 Å². The first-order valence-corrected chi connectivity index (χ1v) is 5.17. The van der Waals surface area contributed by atoms with Crippen molar-refractivity contribution < 1.29 is 18.0 Å². The average molecular weight is 315 g/mol. The molecule has 1 radical (unpaired) electrons. The molecule has 1 amide bonds. The predicted molar refractivity (Wildman–Crippen MR) is 58.2 cm³/mol. The number of anilines is 1. The molecule has 0 atom stereocenters. The SMILES string of the molecule is O=[C]N(CC(F)(F)F)c1cc(Cl)cc(Br)c1. The Hall–Kier alpha value is -0.750. The van der Waals surface area contributed by atoms with Gasteiger partial charge >= 0.3 is 12.6 Å². The second-order valence-electron chi connectivity index (χ2n) is 2.92. The molecule has 7 heteroatoms. The van der Waals surface area contributed by atoms with Crippen LogP contribution in [-0.2, 0) is 4.79 Å². The Bertz CT molecular complexity index is 377. The van der Waals surface area contributed by atoms with Crippen molar-refractivity contribution in [2.45, 2.75) is 6.18 Å². The number of nitrogens with zero attached hydrogens (tertiary/aromatic N) is 1. The van der Waals surface area contributed by atoms with Crippen LogP contribution >= 0.6 is 27.5 Å². The van der Waals surface area contributed by atoms with Crippen LogP contribution in [0.1, 0.15) is 0 Å². The van der Waals surface area contributed by atoms with E-state index in [2.05, 4.69) is 15.9 Å². The van der Waals surface area contributed by atoms with E-state index in [1.54, 1.807) is 0 Å². The van der Waals surface area contributed by atoms with Crippen LogP contribution in [0.15, 0.2) is 22.7 Å². The largest absolute Gasteiger partial charge is 0.406 e. The third-order valence-corrected chi connectivity index (χ3v) is 2.28. The minimum atomic E-state index is -4.48. The lowest BCUT2D eigenvalue weighted by atomic mass is 10.3. The van der Waals surface area contributed by atoms with E-state index in [-0.39, 0.29) is 10.7 Å². The molecule has 0 spiro atoms. The molecule has 87 valence electrons. The summed E-state index contributed by atoms with van der Waals surface area (Å²) in [5.74, 6) is 0. The fourth-order valence-corrected chi connectivity index (χ4v) is 1.89. The van der Waals surface area contributed by atoms with Gasteiger partial charge in [-0.3, -0.25) is 9.69 Å². The molecule has 0 heterocycles. The molecule has 0 unspecified atom stereocenters. The number of hydrogen-bond acceptors (Lipinski definition) is 1. The van der Waals surface area contributed by atoms with Gasteiger partial charge in [0.1, 0.15) is 6.54 Å². The minimum Gasteiger partial charge on any atom is -0.295 e. The van der Waals surface area contributed by atoms with Gasteiger partial charge in [0.05, 0.1) is 0 Å². The normalized spacial score (nSPS) is 11.3. The zero-order valence-corrected chi connectivity index (χ0v) is 10.0.